The van der Waals surface area contributed by atoms with Crippen molar-refractivity contribution in [2.45, 2.75) is 11.5 Å². The fourth-order valence-electron chi connectivity index (χ4n) is 0.894. The molecule has 0 atom stereocenters. The van der Waals surface area contributed by atoms with Crippen LogP contribution in [-0.2, 0) is 11.5 Å². The van der Waals surface area contributed by atoms with Crippen LogP contribution in [0.3, 0.4) is 0 Å². The summed E-state index contributed by atoms with van der Waals surface area (Å²) in [6, 6.07) is 0.555. The lowest BCUT2D eigenvalue weighted by molar-refractivity contribution is -0.138. The van der Waals surface area contributed by atoms with Crippen LogP contribution >= 0.6 is 15.9 Å². The average molecular weight is 275 g/mol. The van der Waals surface area contributed by atoms with E-state index in [9.17, 15) is 22.0 Å². The van der Waals surface area contributed by atoms with Crippen LogP contribution in [0.5, 0.6) is 0 Å². The molecule has 0 bridgehead atoms. The Kier molecular flexibility index (Phi) is 3.14. The highest BCUT2D eigenvalue weighted by Crippen LogP contribution is 2.31. The molecule has 0 amide bonds. The molecular weight excluding hydrogens is 271 g/mol. The minimum absolute atomic E-state index is 0.164. The Morgan fingerprint density at radius 3 is 1.79 bits per heavy atom. The molecule has 0 radical (unpaired) electrons. The van der Waals surface area contributed by atoms with E-state index < -0.39 is 28.9 Å². The predicted octanol–water partition coefficient (Wildman–Crippen LogP) is 3.88. The van der Waals surface area contributed by atoms with E-state index in [2.05, 4.69) is 15.9 Å². The number of halogens is 6. The van der Waals surface area contributed by atoms with Crippen molar-refractivity contribution in [3.05, 3.63) is 34.9 Å². The van der Waals surface area contributed by atoms with Gasteiger partial charge in [0.05, 0.1) is 5.56 Å². The third-order valence-corrected chi connectivity index (χ3v) is 2.16. The summed E-state index contributed by atoms with van der Waals surface area (Å²) in [6.07, 6.45) is -4.73. The van der Waals surface area contributed by atoms with Gasteiger partial charge in [-0.25, -0.2) is 8.78 Å². The summed E-state index contributed by atoms with van der Waals surface area (Å²) in [5.74, 6) is -2.40. The van der Waals surface area contributed by atoms with Crippen molar-refractivity contribution >= 4 is 15.9 Å². The largest absolute Gasteiger partial charge is 0.416 e. The maximum Gasteiger partial charge on any atom is 0.416 e. The zero-order chi connectivity index (χ0) is 10.9. The summed E-state index contributed by atoms with van der Waals surface area (Å²) in [7, 11) is 0. The highest BCUT2D eigenvalue weighted by atomic mass is 79.9. The van der Waals surface area contributed by atoms with E-state index in [4.69, 9.17) is 0 Å². The van der Waals surface area contributed by atoms with Crippen LogP contribution in [0.4, 0.5) is 22.0 Å². The molecule has 0 nitrogen and oxygen atoms in total. The van der Waals surface area contributed by atoms with Crippen molar-refractivity contribution in [3.63, 3.8) is 0 Å². The highest BCUT2D eigenvalue weighted by Gasteiger charge is 2.32. The van der Waals surface area contributed by atoms with Gasteiger partial charge in [-0.3, -0.25) is 0 Å². The molecule has 0 spiro atoms. The minimum Gasteiger partial charge on any atom is -0.207 e. The molecule has 78 valence electrons. The molecule has 0 heterocycles. The third kappa shape index (κ3) is 2.23. The standard InChI is InChI=1S/C8H4BrF5/c9-3-5-6(10)1-4(2-7(5)11)8(12,13)14/h1-2H,3H2. The number of hydrogen-bond donors (Lipinski definition) is 0. The van der Waals surface area contributed by atoms with E-state index in [1.165, 1.54) is 0 Å². The van der Waals surface area contributed by atoms with E-state index >= 15 is 0 Å². The molecule has 1 aromatic rings. The van der Waals surface area contributed by atoms with Crippen molar-refractivity contribution in [2.75, 3.05) is 0 Å². The Morgan fingerprint density at radius 1 is 1.07 bits per heavy atom. The second-order valence-electron chi connectivity index (χ2n) is 2.55. The lowest BCUT2D eigenvalue weighted by atomic mass is 10.1. The lowest BCUT2D eigenvalue weighted by Crippen LogP contribution is -2.07. The molecule has 0 saturated carbocycles. The van der Waals surface area contributed by atoms with E-state index in [0.29, 0.717) is 0 Å². The number of rotatable bonds is 1. The minimum atomic E-state index is -4.73. The SMILES string of the molecule is Fc1cc(C(F)(F)F)cc(F)c1CBr. The zero-order valence-corrected chi connectivity index (χ0v) is 8.22. The fraction of sp³-hybridized carbons (Fsp3) is 0.250. The third-order valence-electron chi connectivity index (χ3n) is 1.60. The quantitative estimate of drug-likeness (QED) is 0.539. The van der Waals surface area contributed by atoms with Gasteiger partial charge in [-0.05, 0) is 12.1 Å². The van der Waals surface area contributed by atoms with Crippen LogP contribution < -0.4 is 0 Å². The molecule has 14 heavy (non-hydrogen) atoms. The molecule has 0 aliphatic rings. The van der Waals surface area contributed by atoms with Crippen molar-refractivity contribution in [1.82, 2.24) is 0 Å². The van der Waals surface area contributed by atoms with Gasteiger partial charge in [0.25, 0.3) is 0 Å². The van der Waals surface area contributed by atoms with Crippen molar-refractivity contribution in [3.8, 4) is 0 Å². The van der Waals surface area contributed by atoms with Crippen LogP contribution in [-0.4, -0.2) is 0 Å². The summed E-state index contributed by atoms with van der Waals surface area (Å²) < 4.78 is 61.9. The average Bonchev–Trinajstić information content (AvgIpc) is 2.01. The van der Waals surface area contributed by atoms with Crippen LogP contribution in [0.2, 0.25) is 0 Å². The highest BCUT2D eigenvalue weighted by molar-refractivity contribution is 9.08. The van der Waals surface area contributed by atoms with Crippen LogP contribution in [0.25, 0.3) is 0 Å². The monoisotopic (exact) mass is 274 g/mol. The number of alkyl halides is 4. The Balaban J connectivity index is 3.28. The summed E-state index contributed by atoms with van der Waals surface area (Å²) in [6.45, 7) is 0. The topological polar surface area (TPSA) is 0 Å². The number of benzene rings is 1. The first-order chi connectivity index (χ1) is 6.36. The molecule has 1 rings (SSSR count). The molecule has 1 aromatic carbocycles. The zero-order valence-electron chi connectivity index (χ0n) is 6.63. The summed E-state index contributed by atoms with van der Waals surface area (Å²) in [4.78, 5) is 0. The maximum absolute atomic E-state index is 12.9. The number of hydrogen-bond acceptors (Lipinski definition) is 0. The normalized spacial score (nSPS) is 11.9. The van der Waals surface area contributed by atoms with Gasteiger partial charge in [0, 0.05) is 10.9 Å². The van der Waals surface area contributed by atoms with E-state index in [1.807, 2.05) is 0 Å². The second-order valence-corrected chi connectivity index (χ2v) is 3.11. The Labute approximate surface area is 84.9 Å². The van der Waals surface area contributed by atoms with Crippen LogP contribution in [0, 0.1) is 11.6 Å². The van der Waals surface area contributed by atoms with Crippen molar-refractivity contribution in [1.29, 1.82) is 0 Å². The summed E-state index contributed by atoms with van der Waals surface area (Å²) >= 11 is 2.77. The summed E-state index contributed by atoms with van der Waals surface area (Å²) in [5, 5.41) is -0.164. The molecule has 0 aliphatic heterocycles. The Bertz CT molecular complexity index is 321. The van der Waals surface area contributed by atoms with Crippen LogP contribution in [0.1, 0.15) is 11.1 Å². The van der Waals surface area contributed by atoms with Gasteiger partial charge in [0.1, 0.15) is 11.6 Å². The van der Waals surface area contributed by atoms with Crippen molar-refractivity contribution in [2.24, 2.45) is 0 Å². The molecule has 0 saturated heterocycles. The van der Waals surface area contributed by atoms with Gasteiger partial charge in [-0.1, -0.05) is 15.9 Å². The predicted molar refractivity (Wildman–Crippen MR) is 44.0 cm³/mol. The molecule has 0 unspecified atom stereocenters. The van der Waals surface area contributed by atoms with Crippen LogP contribution in [0.15, 0.2) is 12.1 Å². The lowest BCUT2D eigenvalue weighted by Gasteiger charge is -2.08. The fourth-order valence-corrected chi connectivity index (χ4v) is 1.43. The van der Waals surface area contributed by atoms with E-state index in [-0.39, 0.29) is 17.5 Å². The van der Waals surface area contributed by atoms with E-state index in [1.54, 1.807) is 0 Å². The first kappa shape index (κ1) is 11.4. The van der Waals surface area contributed by atoms with Gasteiger partial charge in [-0.15, -0.1) is 0 Å². The van der Waals surface area contributed by atoms with Gasteiger partial charge in [0.15, 0.2) is 0 Å². The molecule has 0 aromatic heterocycles. The van der Waals surface area contributed by atoms with Gasteiger partial charge in [0.2, 0.25) is 0 Å². The summed E-state index contributed by atoms with van der Waals surface area (Å²) in [5.41, 5.74) is -1.73. The first-order valence-corrected chi connectivity index (χ1v) is 4.59. The van der Waals surface area contributed by atoms with Gasteiger partial charge < -0.3 is 0 Å². The molecule has 0 fully saturated rings. The molecule has 6 heteroatoms. The first-order valence-electron chi connectivity index (χ1n) is 3.47. The van der Waals surface area contributed by atoms with Gasteiger partial charge in [-0.2, -0.15) is 13.2 Å². The van der Waals surface area contributed by atoms with Crippen molar-refractivity contribution < 1.29 is 22.0 Å². The Morgan fingerprint density at radius 2 is 1.50 bits per heavy atom. The maximum atomic E-state index is 12.9. The second kappa shape index (κ2) is 3.84. The molecule has 0 N–H and O–H groups in total. The smallest absolute Gasteiger partial charge is 0.207 e. The van der Waals surface area contributed by atoms with Gasteiger partial charge >= 0.3 is 6.18 Å². The Hall–Kier alpha value is -0.650. The molecular formula is C8H4BrF5. The van der Waals surface area contributed by atoms with E-state index in [0.717, 1.165) is 0 Å². The molecule has 0 aliphatic carbocycles.